The number of benzene rings is 1. The van der Waals surface area contributed by atoms with E-state index < -0.39 is 0 Å². The van der Waals surface area contributed by atoms with Crippen LogP contribution in [-0.4, -0.2) is 21.5 Å². The number of rotatable bonds is 4. The molecule has 23 heavy (non-hydrogen) atoms. The van der Waals surface area contributed by atoms with E-state index in [4.69, 9.17) is 11.6 Å². The Bertz CT molecular complexity index is 889. The zero-order valence-corrected chi connectivity index (χ0v) is 14.6. The molecule has 0 atom stereocenters. The minimum Gasteiger partial charge on any atom is -0.293 e. The molecule has 2 aromatic heterocycles. The summed E-state index contributed by atoms with van der Waals surface area (Å²) in [5.74, 6) is 0.462. The van der Waals surface area contributed by atoms with Crippen LogP contribution in [0.15, 0.2) is 35.6 Å². The summed E-state index contributed by atoms with van der Waals surface area (Å²) < 4.78 is 0. The lowest BCUT2D eigenvalue weighted by Gasteiger charge is -2.04. The first-order valence-corrected chi connectivity index (χ1v) is 9.57. The Kier molecular flexibility index (Phi) is 4.09. The number of thioether (sulfide) groups is 1. The van der Waals surface area contributed by atoms with E-state index in [1.165, 1.54) is 34.0 Å². The first-order valence-electron chi connectivity index (χ1n) is 7.39. The van der Waals surface area contributed by atoms with Crippen molar-refractivity contribution in [3.8, 4) is 0 Å². The highest BCUT2D eigenvalue weighted by Crippen LogP contribution is 2.40. The Labute approximate surface area is 147 Å². The molecule has 116 valence electrons. The van der Waals surface area contributed by atoms with Gasteiger partial charge in [-0.05, 0) is 49.1 Å². The fourth-order valence-corrected chi connectivity index (χ4v) is 5.20. The number of hydrogen-bond acceptors (Lipinski definition) is 5. The zero-order chi connectivity index (χ0) is 15.8. The van der Waals surface area contributed by atoms with Crippen LogP contribution in [0, 0.1) is 0 Å². The number of thiophene rings is 1. The van der Waals surface area contributed by atoms with Crippen molar-refractivity contribution in [1.82, 2.24) is 9.97 Å². The quantitative estimate of drug-likeness (QED) is 0.380. The van der Waals surface area contributed by atoms with Crippen molar-refractivity contribution in [3.63, 3.8) is 0 Å². The standard InChI is InChI=1S/C17H13ClN2OS2/c18-11-6-4-10(5-7-11)13(21)8-22-16-15-12-2-1-3-14(12)23-17(15)20-9-19-16/h4-7,9H,1-3,8H2. The van der Waals surface area contributed by atoms with Gasteiger partial charge in [0.25, 0.3) is 0 Å². The summed E-state index contributed by atoms with van der Waals surface area (Å²) in [6.07, 6.45) is 5.05. The molecule has 0 N–H and O–H groups in total. The van der Waals surface area contributed by atoms with Gasteiger partial charge in [0, 0.05) is 20.8 Å². The third-order valence-electron chi connectivity index (χ3n) is 3.97. The van der Waals surface area contributed by atoms with Gasteiger partial charge < -0.3 is 0 Å². The predicted octanol–water partition coefficient (Wildman–Crippen LogP) is 4.81. The topological polar surface area (TPSA) is 42.9 Å². The summed E-state index contributed by atoms with van der Waals surface area (Å²) in [4.78, 5) is 23.6. The number of halogens is 1. The Morgan fingerprint density at radius 1 is 1.22 bits per heavy atom. The third kappa shape index (κ3) is 2.89. The average molecular weight is 361 g/mol. The van der Waals surface area contributed by atoms with Crippen LogP contribution < -0.4 is 0 Å². The number of carbonyl (C=O) groups excluding carboxylic acids is 1. The smallest absolute Gasteiger partial charge is 0.173 e. The van der Waals surface area contributed by atoms with Gasteiger partial charge >= 0.3 is 0 Å². The minimum absolute atomic E-state index is 0.0882. The summed E-state index contributed by atoms with van der Waals surface area (Å²) >= 11 is 9.13. The molecule has 0 aliphatic heterocycles. The maximum Gasteiger partial charge on any atom is 0.173 e. The fraction of sp³-hybridized carbons (Fsp3) is 0.235. The third-order valence-corrected chi connectivity index (χ3v) is 6.41. The molecule has 6 heteroatoms. The fourth-order valence-electron chi connectivity index (χ4n) is 2.86. The number of hydrogen-bond donors (Lipinski definition) is 0. The van der Waals surface area contributed by atoms with Crippen molar-refractivity contribution in [3.05, 3.63) is 51.6 Å². The van der Waals surface area contributed by atoms with Gasteiger partial charge in [0.1, 0.15) is 16.2 Å². The second-order valence-corrected chi connectivity index (χ2v) is 7.92. The van der Waals surface area contributed by atoms with Crippen LogP contribution >= 0.6 is 34.7 Å². The lowest BCUT2D eigenvalue weighted by molar-refractivity contribution is 0.102. The number of aryl methyl sites for hydroxylation is 2. The molecule has 1 aliphatic carbocycles. The first kappa shape index (κ1) is 15.1. The maximum atomic E-state index is 12.3. The second-order valence-electron chi connectivity index (χ2n) is 5.44. The minimum atomic E-state index is 0.0882. The molecule has 0 spiro atoms. The highest BCUT2D eigenvalue weighted by atomic mass is 35.5. The van der Waals surface area contributed by atoms with Crippen LogP contribution in [0.3, 0.4) is 0 Å². The van der Waals surface area contributed by atoms with E-state index in [9.17, 15) is 4.79 Å². The SMILES string of the molecule is O=C(CSc1ncnc2sc3c(c12)CCC3)c1ccc(Cl)cc1. The van der Waals surface area contributed by atoms with Gasteiger partial charge in [0.2, 0.25) is 0 Å². The summed E-state index contributed by atoms with van der Waals surface area (Å²) in [5.41, 5.74) is 2.08. The van der Waals surface area contributed by atoms with E-state index in [1.807, 2.05) is 0 Å². The van der Waals surface area contributed by atoms with Crippen LogP contribution in [0.4, 0.5) is 0 Å². The molecule has 0 amide bonds. The van der Waals surface area contributed by atoms with Crippen LogP contribution in [0.25, 0.3) is 10.2 Å². The largest absolute Gasteiger partial charge is 0.293 e. The Morgan fingerprint density at radius 3 is 2.87 bits per heavy atom. The predicted molar refractivity (Wildman–Crippen MR) is 95.9 cm³/mol. The maximum absolute atomic E-state index is 12.3. The summed E-state index contributed by atoms with van der Waals surface area (Å²) in [5, 5.41) is 2.73. The number of fused-ring (bicyclic) bond motifs is 3. The average Bonchev–Trinajstić information content (AvgIpc) is 3.14. The monoisotopic (exact) mass is 360 g/mol. The van der Waals surface area contributed by atoms with Crippen molar-refractivity contribution in [2.24, 2.45) is 0 Å². The molecule has 0 saturated carbocycles. The number of Topliss-reactive ketones (excluding diaryl/α,β-unsaturated/α-hetero) is 1. The Morgan fingerprint density at radius 2 is 2.04 bits per heavy atom. The molecule has 1 aliphatic rings. The molecule has 1 aromatic carbocycles. The molecule has 0 bridgehead atoms. The molecule has 3 aromatic rings. The van der Waals surface area contributed by atoms with Crippen LogP contribution in [0.1, 0.15) is 27.2 Å². The van der Waals surface area contributed by atoms with Crippen molar-refractivity contribution in [2.45, 2.75) is 24.3 Å². The lowest BCUT2D eigenvalue weighted by Crippen LogP contribution is -2.02. The van der Waals surface area contributed by atoms with Gasteiger partial charge in [-0.3, -0.25) is 4.79 Å². The Balaban J connectivity index is 1.58. The summed E-state index contributed by atoms with van der Waals surface area (Å²) in [6, 6.07) is 7.02. The summed E-state index contributed by atoms with van der Waals surface area (Å²) in [6.45, 7) is 0. The zero-order valence-electron chi connectivity index (χ0n) is 12.2. The van der Waals surface area contributed by atoms with Crippen LogP contribution in [0.2, 0.25) is 5.02 Å². The van der Waals surface area contributed by atoms with Gasteiger partial charge in [-0.25, -0.2) is 9.97 Å². The molecular formula is C17H13ClN2OS2. The number of ketones is 1. The molecule has 0 unspecified atom stereocenters. The molecule has 4 rings (SSSR count). The number of nitrogens with zero attached hydrogens (tertiary/aromatic N) is 2. The van der Waals surface area contributed by atoms with E-state index in [1.54, 1.807) is 41.9 Å². The van der Waals surface area contributed by atoms with Gasteiger partial charge in [-0.1, -0.05) is 23.4 Å². The normalized spacial score (nSPS) is 13.4. The lowest BCUT2D eigenvalue weighted by atomic mass is 10.1. The van der Waals surface area contributed by atoms with Crippen molar-refractivity contribution < 1.29 is 4.79 Å². The summed E-state index contributed by atoms with van der Waals surface area (Å²) in [7, 11) is 0. The molecule has 2 heterocycles. The first-order chi connectivity index (χ1) is 11.2. The van der Waals surface area contributed by atoms with E-state index in [2.05, 4.69) is 9.97 Å². The van der Waals surface area contributed by atoms with Gasteiger partial charge in [-0.15, -0.1) is 11.3 Å². The molecule has 0 fully saturated rings. The number of carbonyl (C=O) groups is 1. The molecule has 0 radical (unpaired) electrons. The van der Waals surface area contributed by atoms with Gasteiger partial charge in [0.15, 0.2) is 5.78 Å². The van der Waals surface area contributed by atoms with E-state index in [0.29, 0.717) is 16.3 Å². The van der Waals surface area contributed by atoms with Crippen molar-refractivity contribution >= 4 is 50.7 Å². The Hall–Kier alpha value is -1.43. The molecule has 0 saturated heterocycles. The number of aromatic nitrogens is 2. The van der Waals surface area contributed by atoms with Crippen LogP contribution in [-0.2, 0) is 12.8 Å². The van der Waals surface area contributed by atoms with E-state index >= 15 is 0 Å². The van der Waals surface area contributed by atoms with Crippen molar-refractivity contribution in [1.29, 1.82) is 0 Å². The van der Waals surface area contributed by atoms with Gasteiger partial charge in [-0.2, -0.15) is 0 Å². The van der Waals surface area contributed by atoms with Crippen LogP contribution in [0.5, 0.6) is 0 Å². The highest BCUT2D eigenvalue weighted by Gasteiger charge is 2.21. The highest BCUT2D eigenvalue weighted by molar-refractivity contribution is 8.00. The van der Waals surface area contributed by atoms with E-state index in [0.717, 1.165) is 22.7 Å². The molecule has 3 nitrogen and oxygen atoms in total. The van der Waals surface area contributed by atoms with Crippen molar-refractivity contribution in [2.75, 3.05) is 5.75 Å². The van der Waals surface area contributed by atoms with Gasteiger partial charge in [0.05, 0.1) is 5.75 Å². The second kappa shape index (κ2) is 6.23. The van der Waals surface area contributed by atoms with E-state index in [-0.39, 0.29) is 5.78 Å². The molecular weight excluding hydrogens is 348 g/mol.